The van der Waals surface area contributed by atoms with Gasteiger partial charge in [-0.05, 0) is 12.0 Å². The average Bonchev–Trinajstić information content (AvgIpc) is 2.96. The van der Waals surface area contributed by atoms with E-state index in [0.29, 0.717) is 12.8 Å². The van der Waals surface area contributed by atoms with Crippen molar-refractivity contribution in [1.29, 1.82) is 0 Å². The summed E-state index contributed by atoms with van der Waals surface area (Å²) in [5, 5.41) is 5.19. The lowest BCUT2D eigenvalue weighted by atomic mass is 9.81. The van der Waals surface area contributed by atoms with Crippen LogP contribution in [0.5, 0.6) is 0 Å². The van der Waals surface area contributed by atoms with Gasteiger partial charge in [0, 0.05) is 23.9 Å². The van der Waals surface area contributed by atoms with Crippen LogP contribution in [-0.2, 0) is 16.0 Å². The monoisotopic (exact) mass is 286 g/mol. The van der Waals surface area contributed by atoms with E-state index in [4.69, 9.17) is 0 Å². The van der Waals surface area contributed by atoms with Gasteiger partial charge >= 0.3 is 0 Å². The Bertz CT molecular complexity index is 610. The van der Waals surface area contributed by atoms with Crippen molar-refractivity contribution in [2.45, 2.75) is 18.8 Å². The molecule has 102 valence electrons. The Morgan fingerprint density at radius 3 is 2.75 bits per heavy atom. The number of hydrogen-bond donors (Lipinski definition) is 1. The number of thiazole rings is 1. The van der Waals surface area contributed by atoms with E-state index in [2.05, 4.69) is 10.3 Å². The van der Waals surface area contributed by atoms with Crippen LogP contribution < -0.4 is 5.32 Å². The highest BCUT2D eigenvalue weighted by Crippen LogP contribution is 2.34. The Hall–Kier alpha value is -2.01. The SMILES string of the molecule is O=C1CC(c2nccs2)C(Cc2ccccc2)C(=O)N1. The summed E-state index contributed by atoms with van der Waals surface area (Å²) in [5.41, 5.74) is 1.10. The second kappa shape index (κ2) is 5.54. The molecule has 1 aromatic heterocycles. The number of piperidine rings is 1. The van der Waals surface area contributed by atoms with Crippen molar-refractivity contribution in [3.8, 4) is 0 Å². The van der Waals surface area contributed by atoms with Crippen LogP contribution in [0.25, 0.3) is 0 Å². The number of rotatable bonds is 3. The number of carbonyl (C=O) groups is 2. The number of aromatic nitrogens is 1. The zero-order valence-corrected chi connectivity index (χ0v) is 11.6. The van der Waals surface area contributed by atoms with Gasteiger partial charge in [0.2, 0.25) is 11.8 Å². The summed E-state index contributed by atoms with van der Waals surface area (Å²) < 4.78 is 0. The second-order valence-corrected chi connectivity index (χ2v) is 5.82. The van der Waals surface area contributed by atoms with E-state index >= 15 is 0 Å². The third-order valence-electron chi connectivity index (χ3n) is 3.56. The predicted molar refractivity (Wildman–Crippen MR) is 76.3 cm³/mol. The highest BCUT2D eigenvalue weighted by molar-refractivity contribution is 7.09. The molecule has 0 saturated carbocycles. The maximum Gasteiger partial charge on any atom is 0.230 e. The number of nitrogens with one attached hydrogen (secondary N) is 1. The quantitative estimate of drug-likeness (QED) is 0.879. The largest absolute Gasteiger partial charge is 0.296 e. The van der Waals surface area contributed by atoms with Gasteiger partial charge in [-0.3, -0.25) is 14.9 Å². The lowest BCUT2D eigenvalue weighted by Crippen LogP contribution is -2.45. The second-order valence-electron chi connectivity index (χ2n) is 4.89. The van der Waals surface area contributed by atoms with Crippen LogP contribution in [0.3, 0.4) is 0 Å². The lowest BCUT2D eigenvalue weighted by Gasteiger charge is -2.28. The van der Waals surface area contributed by atoms with Crippen LogP contribution >= 0.6 is 11.3 Å². The number of nitrogens with zero attached hydrogens (tertiary/aromatic N) is 1. The van der Waals surface area contributed by atoms with Crippen LogP contribution in [0.4, 0.5) is 0 Å². The van der Waals surface area contributed by atoms with Crippen molar-refractivity contribution in [3.63, 3.8) is 0 Å². The maximum atomic E-state index is 12.2. The zero-order valence-electron chi connectivity index (χ0n) is 10.8. The molecule has 2 amide bonds. The van der Waals surface area contributed by atoms with Gasteiger partial charge in [0.1, 0.15) is 0 Å². The predicted octanol–water partition coefficient (Wildman–Crippen LogP) is 2.13. The molecule has 2 atom stereocenters. The summed E-state index contributed by atoms with van der Waals surface area (Å²) in [5.74, 6) is -0.748. The van der Waals surface area contributed by atoms with Crippen LogP contribution in [0, 0.1) is 5.92 Å². The Balaban J connectivity index is 1.88. The first-order valence-corrected chi connectivity index (χ1v) is 7.39. The van der Waals surface area contributed by atoms with Crippen molar-refractivity contribution in [2.75, 3.05) is 0 Å². The Morgan fingerprint density at radius 2 is 2.05 bits per heavy atom. The van der Waals surface area contributed by atoms with Gasteiger partial charge in [-0.15, -0.1) is 11.3 Å². The number of benzene rings is 1. The maximum absolute atomic E-state index is 12.2. The van der Waals surface area contributed by atoms with E-state index in [1.165, 1.54) is 11.3 Å². The Kier molecular flexibility index (Phi) is 3.60. The fourth-order valence-electron chi connectivity index (χ4n) is 2.59. The molecule has 20 heavy (non-hydrogen) atoms. The summed E-state index contributed by atoms with van der Waals surface area (Å²) in [6, 6.07) is 9.87. The van der Waals surface area contributed by atoms with Gasteiger partial charge in [0.25, 0.3) is 0 Å². The lowest BCUT2D eigenvalue weighted by molar-refractivity contribution is -0.137. The van der Waals surface area contributed by atoms with Gasteiger partial charge in [-0.25, -0.2) is 4.98 Å². The normalized spacial score (nSPS) is 22.6. The number of imide groups is 1. The molecule has 0 bridgehead atoms. The summed E-state index contributed by atoms with van der Waals surface area (Å²) in [6.45, 7) is 0. The van der Waals surface area contributed by atoms with Crippen LogP contribution in [-0.4, -0.2) is 16.8 Å². The summed E-state index contributed by atoms with van der Waals surface area (Å²) in [7, 11) is 0. The average molecular weight is 286 g/mol. The molecule has 3 rings (SSSR count). The standard InChI is InChI=1S/C15H14N2O2S/c18-13-9-12(15-16-6-7-20-15)11(14(19)17-13)8-10-4-2-1-3-5-10/h1-7,11-12H,8-9H2,(H,17,18,19). The number of carbonyl (C=O) groups excluding carboxylic acids is 2. The van der Waals surface area contributed by atoms with E-state index in [9.17, 15) is 9.59 Å². The van der Waals surface area contributed by atoms with Crippen molar-refractivity contribution in [3.05, 3.63) is 52.5 Å². The minimum absolute atomic E-state index is 0.114. The fourth-order valence-corrected chi connectivity index (χ4v) is 3.39. The molecule has 2 unspecified atom stereocenters. The Morgan fingerprint density at radius 1 is 1.25 bits per heavy atom. The van der Waals surface area contributed by atoms with Gasteiger partial charge in [0.05, 0.1) is 10.9 Å². The molecular weight excluding hydrogens is 272 g/mol. The van der Waals surface area contributed by atoms with E-state index in [-0.39, 0.29) is 23.7 Å². The highest BCUT2D eigenvalue weighted by atomic mass is 32.1. The van der Waals surface area contributed by atoms with Gasteiger partial charge in [-0.1, -0.05) is 30.3 Å². The first-order chi connectivity index (χ1) is 9.74. The van der Waals surface area contributed by atoms with Gasteiger partial charge < -0.3 is 0 Å². The van der Waals surface area contributed by atoms with Gasteiger partial charge in [-0.2, -0.15) is 0 Å². The fraction of sp³-hybridized carbons (Fsp3) is 0.267. The summed E-state index contributed by atoms with van der Waals surface area (Å²) in [6.07, 6.45) is 2.68. The smallest absolute Gasteiger partial charge is 0.230 e. The zero-order chi connectivity index (χ0) is 13.9. The summed E-state index contributed by atoms with van der Waals surface area (Å²) in [4.78, 5) is 28.1. The molecule has 1 saturated heterocycles. The minimum Gasteiger partial charge on any atom is -0.296 e. The van der Waals surface area contributed by atoms with E-state index in [1.807, 2.05) is 35.7 Å². The van der Waals surface area contributed by atoms with E-state index in [0.717, 1.165) is 10.6 Å². The number of hydrogen-bond acceptors (Lipinski definition) is 4. The van der Waals surface area contributed by atoms with E-state index < -0.39 is 0 Å². The van der Waals surface area contributed by atoms with E-state index in [1.54, 1.807) is 6.20 Å². The third kappa shape index (κ3) is 2.63. The molecule has 5 heteroatoms. The third-order valence-corrected chi connectivity index (χ3v) is 4.46. The van der Waals surface area contributed by atoms with Crippen molar-refractivity contribution in [1.82, 2.24) is 10.3 Å². The van der Waals surface area contributed by atoms with Crippen molar-refractivity contribution >= 4 is 23.2 Å². The first kappa shape index (κ1) is 13.0. The molecule has 1 fully saturated rings. The molecule has 2 heterocycles. The number of amides is 2. The topological polar surface area (TPSA) is 59.1 Å². The van der Waals surface area contributed by atoms with Crippen LogP contribution in [0.15, 0.2) is 41.9 Å². The molecule has 4 nitrogen and oxygen atoms in total. The molecule has 1 aliphatic rings. The first-order valence-electron chi connectivity index (χ1n) is 6.51. The van der Waals surface area contributed by atoms with Crippen molar-refractivity contribution in [2.24, 2.45) is 5.92 Å². The molecule has 1 aromatic carbocycles. The van der Waals surface area contributed by atoms with Crippen LogP contribution in [0.2, 0.25) is 0 Å². The Labute approximate surface area is 120 Å². The molecule has 1 aliphatic heterocycles. The highest BCUT2D eigenvalue weighted by Gasteiger charge is 2.38. The summed E-state index contributed by atoms with van der Waals surface area (Å²) >= 11 is 1.50. The minimum atomic E-state index is -0.235. The molecule has 1 N–H and O–H groups in total. The molecular formula is C15H14N2O2S. The molecule has 0 radical (unpaired) electrons. The molecule has 0 aliphatic carbocycles. The molecule has 2 aromatic rings. The van der Waals surface area contributed by atoms with Gasteiger partial charge in [0.15, 0.2) is 0 Å². The molecule has 0 spiro atoms. The van der Waals surface area contributed by atoms with Crippen molar-refractivity contribution < 1.29 is 9.59 Å². The van der Waals surface area contributed by atoms with Crippen LogP contribution in [0.1, 0.15) is 22.9 Å².